The van der Waals surface area contributed by atoms with E-state index in [1.807, 2.05) is 47.4 Å². The molecule has 0 N–H and O–H groups in total. The van der Waals surface area contributed by atoms with Crippen molar-refractivity contribution < 1.29 is 4.79 Å². The number of carbonyl (C=O) groups excluding carboxylic acids is 1. The van der Waals surface area contributed by atoms with E-state index in [0.717, 1.165) is 28.7 Å². The average molecular weight is 316 g/mol. The fourth-order valence-electron chi connectivity index (χ4n) is 2.47. The van der Waals surface area contributed by atoms with Gasteiger partial charge in [-0.05, 0) is 35.7 Å². The van der Waals surface area contributed by atoms with Crippen molar-refractivity contribution in [2.45, 2.75) is 12.8 Å². The van der Waals surface area contributed by atoms with Crippen molar-refractivity contribution in [3.05, 3.63) is 64.1 Å². The van der Waals surface area contributed by atoms with Gasteiger partial charge < -0.3 is 4.90 Å². The van der Waals surface area contributed by atoms with E-state index >= 15 is 0 Å². The summed E-state index contributed by atoms with van der Waals surface area (Å²) in [5, 5.41) is 0. The summed E-state index contributed by atoms with van der Waals surface area (Å²) in [6.07, 6.45) is 1.42. The number of hydrogen-bond acceptors (Lipinski definition) is 1. The molecule has 1 heterocycles. The molecule has 0 saturated carbocycles. The second kappa shape index (κ2) is 5.17. The van der Waals surface area contributed by atoms with E-state index < -0.39 is 0 Å². The molecule has 3 heteroatoms. The summed E-state index contributed by atoms with van der Waals surface area (Å²) in [5.41, 5.74) is 3.40. The van der Waals surface area contributed by atoms with E-state index in [2.05, 4.69) is 22.0 Å². The summed E-state index contributed by atoms with van der Waals surface area (Å²) in [6, 6.07) is 16.1. The molecule has 2 nitrogen and oxygen atoms in total. The molecule has 0 saturated heterocycles. The van der Waals surface area contributed by atoms with Gasteiger partial charge in [0, 0.05) is 16.7 Å². The molecule has 0 radical (unpaired) electrons. The molecule has 0 spiro atoms. The van der Waals surface area contributed by atoms with Gasteiger partial charge in [-0.25, -0.2) is 0 Å². The highest BCUT2D eigenvalue weighted by atomic mass is 79.9. The SMILES string of the molecule is O=C(Cc1ccc(Br)cc1)N1CCc2ccccc21. The van der Waals surface area contributed by atoms with Crippen LogP contribution in [0.4, 0.5) is 5.69 Å². The van der Waals surface area contributed by atoms with Gasteiger partial charge in [0.2, 0.25) is 5.91 Å². The van der Waals surface area contributed by atoms with Crippen LogP contribution >= 0.6 is 15.9 Å². The van der Waals surface area contributed by atoms with Crippen LogP contribution in [0, 0.1) is 0 Å². The van der Waals surface area contributed by atoms with Gasteiger partial charge in [-0.15, -0.1) is 0 Å². The van der Waals surface area contributed by atoms with Crippen LogP contribution in [0.25, 0.3) is 0 Å². The zero-order chi connectivity index (χ0) is 13.2. The summed E-state index contributed by atoms with van der Waals surface area (Å²) in [5.74, 6) is 0.173. The normalized spacial score (nSPS) is 13.4. The summed E-state index contributed by atoms with van der Waals surface area (Å²) in [6.45, 7) is 0.800. The molecule has 1 amide bonds. The molecule has 0 bridgehead atoms. The predicted molar refractivity (Wildman–Crippen MR) is 80.3 cm³/mol. The summed E-state index contributed by atoms with van der Waals surface area (Å²) in [4.78, 5) is 14.3. The van der Waals surface area contributed by atoms with Crippen molar-refractivity contribution in [2.75, 3.05) is 11.4 Å². The molecule has 0 unspecified atom stereocenters. The molecule has 0 fully saturated rings. The number of para-hydroxylation sites is 1. The van der Waals surface area contributed by atoms with Gasteiger partial charge in [-0.1, -0.05) is 46.3 Å². The topological polar surface area (TPSA) is 20.3 Å². The quantitative estimate of drug-likeness (QED) is 0.829. The van der Waals surface area contributed by atoms with Crippen LogP contribution in [-0.4, -0.2) is 12.5 Å². The van der Waals surface area contributed by atoms with Crippen molar-refractivity contribution in [1.82, 2.24) is 0 Å². The number of hydrogen-bond donors (Lipinski definition) is 0. The van der Waals surface area contributed by atoms with Crippen molar-refractivity contribution >= 4 is 27.5 Å². The minimum Gasteiger partial charge on any atom is -0.312 e. The minimum atomic E-state index is 0.173. The third kappa shape index (κ3) is 2.56. The van der Waals surface area contributed by atoms with Crippen LogP contribution in [0.2, 0.25) is 0 Å². The summed E-state index contributed by atoms with van der Waals surface area (Å²) < 4.78 is 1.04. The second-order valence-electron chi connectivity index (χ2n) is 4.73. The number of fused-ring (bicyclic) bond motifs is 1. The van der Waals surface area contributed by atoms with Crippen molar-refractivity contribution in [3.8, 4) is 0 Å². The molecule has 1 aliphatic heterocycles. The van der Waals surface area contributed by atoms with E-state index in [4.69, 9.17) is 0 Å². The minimum absolute atomic E-state index is 0.173. The Morgan fingerprint density at radius 1 is 1.11 bits per heavy atom. The fourth-order valence-corrected chi connectivity index (χ4v) is 2.73. The molecule has 0 atom stereocenters. The predicted octanol–water partition coefficient (Wildman–Crippen LogP) is 3.58. The molecule has 0 aliphatic carbocycles. The first-order valence-corrected chi connectivity index (χ1v) is 7.16. The standard InChI is InChI=1S/C16H14BrNO/c17-14-7-5-12(6-8-14)11-16(19)18-10-9-13-3-1-2-4-15(13)18/h1-8H,9-11H2. The Bertz CT molecular complexity index is 606. The van der Waals surface area contributed by atoms with Gasteiger partial charge in [0.1, 0.15) is 0 Å². The smallest absolute Gasteiger partial charge is 0.231 e. The van der Waals surface area contributed by atoms with Gasteiger partial charge >= 0.3 is 0 Å². The highest BCUT2D eigenvalue weighted by Gasteiger charge is 2.23. The van der Waals surface area contributed by atoms with Crippen LogP contribution in [0.5, 0.6) is 0 Å². The van der Waals surface area contributed by atoms with Gasteiger partial charge in [-0.3, -0.25) is 4.79 Å². The maximum absolute atomic E-state index is 12.4. The lowest BCUT2D eigenvalue weighted by Gasteiger charge is -2.17. The molecular weight excluding hydrogens is 302 g/mol. The van der Waals surface area contributed by atoms with E-state index in [1.54, 1.807) is 0 Å². The van der Waals surface area contributed by atoms with Crippen molar-refractivity contribution in [2.24, 2.45) is 0 Å². The number of halogens is 1. The maximum atomic E-state index is 12.4. The summed E-state index contributed by atoms with van der Waals surface area (Å²) in [7, 11) is 0. The lowest BCUT2D eigenvalue weighted by molar-refractivity contribution is -0.117. The van der Waals surface area contributed by atoms with Gasteiger partial charge in [0.15, 0.2) is 0 Å². The molecule has 2 aromatic carbocycles. The average Bonchev–Trinajstić information content (AvgIpc) is 2.85. The first kappa shape index (κ1) is 12.4. The van der Waals surface area contributed by atoms with Crippen LogP contribution in [-0.2, 0) is 17.6 Å². The number of carbonyl (C=O) groups is 1. The van der Waals surface area contributed by atoms with Gasteiger partial charge in [0.25, 0.3) is 0 Å². The Morgan fingerprint density at radius 3 is 2.63 bits per heavy atom. The highest BCUT2D eigenvalue weighted by Crippen LogP contribution is 2.28. The zero-order valence-corrected chi connectivity index (χ0v) is 12.1. The largest absolute Gasteiger partial charge is 0.312 e. The number of amides is 1. The Labute approximate surface area is 121 Å². The first-order chi connectivity index (χ1) is 9.24. The van der Waals surface area contributed by atoms with Gasteiger partial charge in [-0.2, -0.15) is 0 Å². The van der Waals surface area contributed by atoms with Crippen LogP contribution in [0.15, 0.2) is 53.0 Å². The molecule has 2 aromatic rings. The van der Waals surface area contributed by atoms with E-state index in [0.29, 0.717) is 6.42 Å². The molecule has 0 aromatic heterocycles. The zero-order valence-electron chi connectivity index (χ0n) is 10.5. The summed E-state index contributed by atoms with van der Waals surface area (Å²) >= 11 is 3.40. The lowest BCUT2D eigenvalue weighted by Crippen LogP contribution is -2.30. The fraction of sp³-hybridized carbons (Fsp3) is 0.188. The monoisotopic (exact) mass is 315 g/mol. The molecular formula is C16H14BrNO. The Kier molecular flexibility index (Phi) is 3.38. The number of anilines is 1. The van der Waals surface area contributed by atoms with Crippen LogP contribution < -0.4 is 4.90 Å². The number of benzene rings is 2. The van der Waals surface area contributed by atoms with E-state index in [-0.39, 0.29) is 5.91 Å². The Morgan fingerprint density at radius 2 is 1.84 bits per heavy atom. The van der Waals surface area contributed by atoms with E-state index in [9.17, 15) is 4.79 Å². The highest BCUT2D eigenvalue weighted by molar-refractivity contribution is 9.10. The third-order valence-electron chi connectivity index (χ3n) is 3.46. The van der Waals surface area contributed by atoms with Crippen molar-refractivity contribution in [3.63, 3.8) is 0 Å². The van der Waals surface area contributed by atoms with E-state index in [1.165, 1.54) is 5.56 Å². The lowest BCUT2D eigenvalue weighted by atomic mass is 10.1. The van der Waals surface area contributed by atoms with Crippen LogP contribution in [0.1, 0.15) is 11.1 Å². The number of rotatable bonds is 2. The van der Waals surface area contributed by atoms with Crippen molar-refractivity contribution in [1.29, 1.82) is 0 Å². The molecule has 96 valence electrons. The first-order valence-electron chi connectivity index (χ1n) is 6.37. The molecule has 1 aliphatic rings. The third-order valence-corrected chi connectivity index (χ3v) is 3.99. The molecule has 3 rings (SSSR count). The molecule has 19 heavy (non-hydrogen) atoms. The Balaban J connectivity index is 1.77. The van der Waals surface area contributed by atoms with Gasteiger partial charge in [0.05, 0.1) is 6.42 Å². The Hall–Kier alpha value is -1.61. The van der Waals surface area contributed by atoms with Crippen LogP contribution in [0.3, 0.4) is 0 Å². The second-order valence-corrected chi connectivity index (χ2v) is 5.64. The maximum Gasteiger partial charge on any atom is 0.231 e. The number of nitrogens with zero attached hydrogens (tertiary/aromatic N) is 1.